The maximum atomic E-state index is 5.67. The first-order valence-electron chi connectivity index (χ1n) is 4.81. The van der Waals surface area contributed by atoms with Gasteiger partial charge in [0.1, 0.15) is 12.4 Å². The van der Waals surface area contributed by atoms with Crippen molar-refractivity contribution in [1.82, 2.24) is 5.32 Å². The summed E-state index contributed by atoms with van der Waals surface area (Å²) in [5, 5.41) is 3.26. The zero-order chi connectivity index (χ0) is 9.52. The molecule has 5 N–H and O–H groups in total. The van der Waals surface area contributed by atoms with Gasteiger partial charge in [-0.2, -0.15) is 0 Å². The first-order chi connectivity index (χ1) is 6.33. The number of hydrogen-bond acceptors (Lipinski definition) is 4. The molecule has 0 saturated heterocycles. The van der Waals surface area contributed by atoms with Crippen molar-refractivity contribution in [2.24, 2.45) is 11.5 Å². The van der Waals surface area contributed by atoms with Crippen molar-refractivity contribution in [2.75, 3.05) is 26.2 Å². The lowest BCUT2D eigenvalue weighted by molar-refractivity contribution is 0.170. The smallest absolute Gasteiger partial charge is 0.106 e. The Morgan fingerprint density at radius 2 is 2.46 bits per heavy atom. The molecule has 0 aliphatic carbocycles. The monoisotopic (exact) mass is 185 g/mol. The molecule has 0 fully saturated rings. The summed E-state index contributed by atoms with van der Waals surface area (Å²) in [5.41, 5.74) is 11.0. The summed E-state index contributed by atoms with van der Waals surface area (Å²) in [6.45, 7) is 3.12. The Hall–Kier alpha value is -0.580. The highest BCUT2D eigenvalue weighted by Gasteiger charge is 2.09. The molecule has 1 atom stereocenters. The molecule has 0 aromatic rings. The van der Waals surface area contributed by atoms with Gasteiger partial charge in [0.15, 0.2) is 0 Å². The van der Waals surface area contributed by atoms with Crippen molar-refractivity contribution in [3.05, 3.63) is 11.8 Å². The molecule has 0 spiro atoms. The summed E-state index contributed by atoms with van der Waals surface area (Å²) in [6.07, 6.45) is 3.99. The predicted octanol–water partition coefficient (Wildman–Crippen LogP) is -0.444. The molecule has 13 heavy (non-hydrogen) atoms. The first-order valence-corrected chi connectivity index (χ1v) is 4.81. The van der Waals surface area contributed by atoms with Gasteiger partial charge >= 0.3 is 0 Å². The minimum absolute atomic E-state index is 0.174. The van der Waals surface area contributed by atoms with Gasteiger partial charge in [0.05, 0.1) is 6.54 Å². The fraction of sp³-hybridized carbons (Fsp3) is 0.778. The van der Waals surface area contributed by atoms with E-state index in [1.165, 1.54) is 0 Å². The Morgan fingerprint density at radius 1 is 1.62 bits per heavy atom. The van der Waals surface area contributed by atoms with Crippen LogP contribution in [0.1, 0.15) is 12.8 Å². The quantitative estimate of drug-likeness (QED) is 0.508. The van der Waals surface area contributed by atoms with Crippen molar-refractivity contribution in [2.45, 2.75) is 18.9 Å². The normalized spacial score (nSPS) is 22.3. The van der Waals surface area contributed by atoms with Crippen molar-refractivity contribution in [3.8, 4) is 0 Å². The van der Waals surface area contributed by atoms with Crippen LogP contribution in [0.3, 0.4) is 0 Å². The summed E-state index contributed by atoms with van der Waals surface area (Å²) in [4.78, 5) is 0. The molecule has 1 heterocycles. The SMILES string of the molecule is NCCCNCC1=CC[C@@H](N)CO1. The Balaban J connectivity index is 2.08. The van der Waals surface area contributed by atoms with Crippen LogP contribution in [0.5, 0.6) is 0 Å². The molecule has 0 unspecified atom stereocenters. The highest BCUT2D eigenvalue weighted by molar-refractivity contribution is 5.00. The van der Waals surface area contributed by atoms with Gasteiger partial charge in [-0.25, -0.2) is 0 Å². The van der Waals surface area contributed by atoms with Gasteiger partial charge in [-0.05, 0) is 32.0 Å². The number of nitrogens with two attached hydrogens (primary N) is 2. The van der Waals surface area contributed by atoms with Crippen molar-refractivity contribution in [3.63, 3.8) is 0 Å². The number of rotatable bonds is 5. The standard InChI is InChI=1S/C9H19N3O/c10-4-1-5-12-6-9-3-2-8(11)7-13-9/h3,8,12H,1-2,4-7,10-11H2/t8-/m1/s1. The van der Waals surface area contributed by atoms with Gasteiger partial charge in [-0.15, -0.1) is 0 Å². The van der Waals surface area contributed by atoms with Crippen LogP contribution >= 0.6 is 0 Å². The molecule has 1 aliphatic rings. The largest absolute Gasteiger partial charge is 0.495 e. The second kappa shape index (κ2) is 5.96. The van der Waals surface area contributed by atoms with Gasteiger partial charge in [0.2, 0.25) is 0 Å². The van der Waals surface area contributed by atoms with Crippen LogP contribution in [0.2, 0.25) is 0 Å². The fourth-order valence-corrected chi connectivity index (χ4v) is 1.19. The third kappa shape index (κ3) is 4.26. The third-order valence-electron chi connectivity index (χ3n) is 1.99. The van der Waals surface area contributed by atoms with Crippen molar-refractivity contribution in [1.29, 1.82) is 0 Å². The van der Waals surface area contributed by atoms with Crippen LogP contribution in [0.4, 0.5) is 0 Å². The molecule has 0 aromatic carbocycles. The maximum absolute atomic E-state index is 5.67. The molecule has 1 aliphatic heterocycles. The van der Waals surface area contributed by atoms with E-state index < -0.39 is 0 Å². The second-order valence-corrected chi connectivity index (χ2v) is 3.30. The fourth-order valence-electron chi connectivity index (χ4n) is 1.19. The van der Waals surface area contributed by atoms with E-state index in [1.807, 2.05) is 0 Å². The predicted molar refractivity (Wildman–Crippen MR) is 53.2 cm³/mol. The van der Waals surface area contributed by atoms with E-state index in [4.69, 9.17) is 16.2 Å². The van der Waals surface area contributed by atoms with E-state index in [-0.39, 0.29) is 6.04 Å². The van der Waals surface area contributed by atoms with Crippen LogP contribution in [0, 0.1) is 0 Å². The van der Waals surface area contributed by atoms with Crippen LogP contribution in [-0.2, 0) is 4.74 Å². The lowest BCUT2D eigenvalue weighted by Crippen LogP contribution is -2.31. The Bertz CT molecular complexity index is 170. The zero-order valence-corrected chi connectivity index (χ0v) is 7.96. The van der Waals surface area contributed by atoms with Crippen LogP contribution in [0.25, 0.3) is 0 Å². The number of nitrogens with one attached hydrogen (secondary N) is 1. The Morgan fingerprint density at radius 3 is 3.08 bits per heavy atom. The molecule has 1 rings (SSSR count). The van der Waals surface area contributed by atoms with Gasteiger partial charge < -0.3 is 21.5 Å². The highest BCUT2D eigenvalue weighted by atomic mass is 16.5. The molecular formula is C9H19N3O. The van der Waals surface area contributed by atoms with Crippen molar-refractivity contribution < 1.29 is 4.74 Å². The molecule has 4 heteroatoms. The average molecular weight is 185 g/mol. The van der Waals surface area contributed by atoms with Gasteiger partial charge in [-0.1, -0.05) is 0 Å². The van der Waals surface area contributed by atoms with Gasteiger partial charge in [0, 0.05) is 6.04 Å². The molecule has 0 aromatic heterocycles. The summed E-state index contributed by atoms with van der Waals surface area (Å²) in [6, 6.07) is 0.174. The summed E-state index contributed by atoms with van der Waals surface area (Å²) in [5.74, 6) is 1.01. The maximum Gasteiger partial charge on any atom is 0.106 e. The van der Waals surface area contributed by atoms with E-state index in [0.717, 1.165) is 38.2 Å². The third-order valence-corrected chi connectivity index (χ3v) is 1.99. The lowest BCUT2D eigenvalue weighted by Gasteiger charge is -2.20. The van der Waals surface area contributed by atoms with E-state index in [2.05, 4.69) is 11.4 Å². The molecule has 0 amide bonds. The van der Waals surface area contributed by atoms with E-state index in [1.54, 1.807) is 0 Å². The number of ether oxygens (including phenoxy) is 1. The minimum atomic E-state index is 0.174. The minimum Gasteiger partial charge on any atom is -0.495 e. The number of hydrogen-bond donors (Lipinski definition) is 3. The summed E-state index contributed by atoms with van der Waals surface area (Å²) in [7, 11) is 0. The molecule has 4 nitrogen and oxygen atoms in total. The highest BCUT2D eigenvalue weighted by Crippen LogP contribution is 2.07. The molecular weight excluding hydrogens is 166 g/mol. The summed E-state index contributed by atoms with van der Waals surface area (Å²) >= 11 is 0. The molecule has 0 bridgehead atoms. The topological polar surface area (TPSA) is 73.3 Å². The van der Waals surface area contributed by atoms with Gasteiger partial charge in [0.25, 0.3) is 0 Å². The first kappa shape index (κ1) is 10.5. The van der Waals surface area contributed by atoms with E-state index >= 15 is 0 Å². The van der Waals surface area contributed by atoms with Crippen molar-refractivity contribution >= 4 is 0 Å². The Labute approximate surface area is 79.3 Å². The van der Waals surface area contributed by atoms with Crippen LogP contribution in [-0.4, -0.2) is 32.3 Å². The van der Waals surface area contributed by atoms with Crippen LogP contribution < -0.4 is 16.8 Å². The summed E-state index contributed by atoms with van der Waals surface area (Å²) < 4.78 is 5.41. The van der Waals surface area contributed by atoms with Crippen LogP contribution in [0.15, 0.2) is 11.8 Å². The molecule has 0 radical (unpaired) electrons. The van der Waals surface area contributed by atoms with E-state index in [0.29, 0.717) is 6.61 Å². The zero-order valence-electron chi connectivity index (χ0n) is 7.96. The van der Waals surface area contributed by atoms with E-state index in [9.17, 15) is 0 Å². The lowest BCUT2D eigenvalue weighted by atomic mass is 10.2. The average Bonchev–Trinajstić information content (AvgIpc) is 2.15. The molecule has 76 valence electrons. The second-order valence-electron chi connectivity index (χ2n) is 3.30. The van der Waals surface area contributed by atoms with Gasteiger partial charge in [-0.3, -0.25) is 0 Å². The Kier molecular flexibility index (Phi) is 4.82. The molecule has 0 saturated carbocycles.